The Labute approximate surface area is 149 Å². The molecule has 0 fully saturated rings. The van der Waals surface area contributed by atoms with Crippen LogP contribution in [0.2, 0.25) is 0 Å². The summed E-state index contributed by atoms with van der Waals surface area (Å²) in [5.74, 6) is 0. The van der Waals surface area contributed by atoms with E-state index in [1.807, 2.05) is 30.3 Å². The molecule has 0 aromatic heterocycles. The van der Waals surface area contributed by atoms with Gasteiger partial charge in [0.1, 0.15) is 0 Å². The molecule has 0 radical (unpaired) electrons. The Bertz CT molecular complexity index is 924. The lowest BCUT2D eigenvalue weighted by Crippen LogP contribution is -2.04. The van der Waals surface area contributed by atoms with E-state index < -0.39 is 11.7 Å². The zero-order valence-corrected chi connectivity index (χ0v) is 13.7. The van der Waals surface area contributed by atoms with Crippen LogP contribution in [0.5, 0.6) is 0 Å². The summed E-state index contributed by atoms with van der Waals surface area (Å²) in [6.45, 7) is 0.610. The van der Waals surface area contributed by atoms with Gasteiger partial charge in [-0.2, -0.15) is 18.4 Å². The van der Waals surface area contributed by atoms with Crippen LogP contribution in [0.25, 0.3) is 11.1 Å². The smallest absolute Gasteiger partial charge is 0.381 e. The van der Waals surface area contributed by atoms with Crippen LogP contribution >= 0.6 is 0 Å². The Morgan fingerprint density at radius 3 is 2.19 bits per heavy atom. The fraction of sp³-hybridized carbons (Fsp3) is 0.0952. The van der Waals surface area contributed by atoms with Gasteiger partial charge < -0.3 is 5.32 Å². The maximum atomic E-state index is 12.7. The fourth-order valence-corrected chi connectivity index (χ4v) is 2.63. The second-order valence-electron chi connectivity index (χ2n) is 5.79. The molecule has 26 heavy (non-hydrogen) atoms. The largest absolute Gasteiger partial charge is 0.416 e. The first-order valence-electron chi connectivity index (χ1n) is 7.97. The highest BCUT2D eigenvalue weighted by atomic mass is 19.4. The maximum absolute atomic E-state index is 12.7. The number of nitrogens with zero attached hydrogens (tertiary/aromatic N) is 1. The van der Waals surface area contributed by atoms with Crippen LogP contribution in [0.3, 0.4) is 0 Å². The maximum Gasteiger partial charge on any atom is 0.416 e. The van der Waals surface area contributed by atoms with E-state index in [1.165, 1.54) is 12.1 Å². The summed E-state index contributed by atoms with van der Waals surface area (Å²) in [5, 5.41) is 12.6. The Balaban J connectivity index is 1.87. The van der Waals surface area contributed by atoms with Crippen molar-refractivity contribution in [2.75, 3.05) is 5.32 Å². The molecule has 2 nitrogen and oxygen atoms in total. The Kier molecular flexibility index (Phi) is 4.94. The minimum absolute atomic E-state index is 0.412. The molecule has 0 aliphatic heterocycles. The number of nitrogens with one attached hydrogen (secondary N) is 1. The average Bonchev–Trinajstić information content (AvgIpc) is 2.66. The molecule has 3 aromatic carbocycles. The van der Waals surface area contributed by atoms with Crippen molar-refractivity contribution in [3.05, 3.63) is 89.5 Å². The summed E-state index contributed by atoms with van der Waals surface area (Å²) in [6.07, 6.45) is -4.38. The van der Waals surface area contributed by atoms with Crippen molar-refractivity contribution in [3.63, 3.8) is 0 Å². The number of halogens is 3. The zero-order valence-electron chi connectivity index (χ0n) is 13.7. The van der Waals surface area contributed by atoms with Gasteiger partial charge in [-0.05, 0) is 41.5 Å². The third-order valence-electron chi connectivity index (χ3n) is 4.00. The number of alkyl halides is 3. The molecule has 0 bridgehead atoms. The van der Waals surface area contributed by atoms with Gasteiger partial charge in [0, 0.05) is 17.8 Å². The van der Waals surface area contributed by atoms with E-state index in [2.05, 4.69) is 11.4 Å². The lowest BCUT2D eigenvalue weighted by molar-refractivity contribution is -0.137. The average molecular weight is 352 g/mol. The van der Waals surface area contributed by atoms with Crippen molar-refractivity contribution in [2.24, 2.45) is 0 Å². The van der Waals surface area contributed by atoms with Gasteiger partial charge in [-0.3, -0.25) is 0 Å². The first-order valence-corrected chi connectivity index (χ1v) is 7.97. The molecule has 1 N–H and O–H groups in total. The van der Waals surface area contributed by atoms with Crippen LogP contribution < -0.4 is 5.32 Å². The number of anilines is 1. The Morgan fingerprint density at radius 1 is 0.885 bits per heavy atom. The predicted molar refractivity (Wildman–Crippen MR) is 95.4 cm³/mol. The van der Waals surface area contributed by atoms with Crippen molar-refractivity contribution in [3.8, 4) is 17.2 Å². The molecule has 3 aromatic rings. The van der Waals surface area contributed by atoms with Gasteiger partial charge in [-0.25, -0.2) is 0 Å². The number of rotatable bonds is 4. The quantitative estimate of drug-likeness (QED) is 0.639. The van der Waals surface area contributed by atoms with Gasteiger partial charge in [0.05, 0.1) is 17.2 Å². The van der Waals surface area contributed by atoms with Gasteiger partial charge in [-0.1, -0.05) is 42.5 Å². The van der Waals surface area contributed by atoms with Crippen LogP contribution in [0.4, 0.5) is 18.9 Å². The molecule has 130 valence electrons. The summed E-state index contributed by atoms with van der Waals surface area (Å²) in [5.41, 5.74) is 2.76. The van der Waals surface area contributed by atoms with Crippen LogP contribution in [0.1, 0.15) is 16.7 Å². The third kappa shape index (κ3) is 4.04. The van der Waals surface area contributed by atoms with Gasteiger partial charge in [0.15, 0.2) is 0 Å². The highest BCUT2D eigenvalue weighted by molar-refractivity contribution is 5.74. The molecular weight excluding hydrogens is 337 g/mol. The van der Waals surface area contributed by atoms with E-state index in [0.29, 0.717) is 23.2 Å². The van der Waals surface area contributed by atoms with E-state index in [4.69, 9.17) is 0 Å². The molecule has 0 atom stereocenters. The van der Waals surface area contributed by atoms with Crippen molar-refractivity contribution < 1.29 is 13.2 Å². The normalized spacial score (nSPS) is 11.0. The van der Waals surface area contributed by atoms with Gasteiger partial charge in [0.2, 0.25) is 0 Å². The topological polar surface area (TPSA) is 35.8 Å². The number of benzene rings is 3. The summed E-state index contributed by atoms with van der Waals surface area (Å²) in [4.78, 5) is 0. The molecule has 0 unspecified atom stereocenters. The highest BCUT2D eigenvalue weighted by Crippen LogP contribution is 2.32. The molecule has 5 heteroatoms. The van der Waals surface area contributed by atoms with Gasteiger partial charge in [0.25, 0.3) is 0 Å². The van der Waals surface area contributed by atoms with Crippen LogP contribution in [0, 0.1) is 11.3 Å². The first-order chi connectivity index (χ1) is 12.5. The van der Waals surface area contributed by atoms with E-state index in [1.54, 1.807) is 18.2 Å². The number of hydrogen-bond donors (Lipinski definition) is 1. The molecule has 0 spiro atoms. The third-order valence-corrected chi connectivity index (χ3v) is 4.00. The standard InChI is InChI=1S/C21H15F3N2/c22-21(23,24)18-9-6-16(7-10-18)20-12-19(11-8-17(20)13-25)26-14-15-4-2-1-3-5-15/h1-12,26H,14H2. The summed E-state index contributed by atoms with van der Waals surface area (Å²) in [6, 6.07) is 22.0. The fourth-order valence-electron chi connectivity index (χ4n) is 2.63. The summed E-state index contributed by atoms with van der Waals surface area (Å²) >= 11 is 0. The van der Waals surface area contributed by atoms with Crippen molar-refractivity contribution in [2.45, 2.75) is 12.7 Å². The van der Waals surface area contributed by atoms with Gasteiger partial charge >= 0.3 is 6.18 Å². The number of hydrogen-bond acceptors (Lipinski definition) is 2. The van der Waals surface area contributed by atoms with Gasteiger partial charge in [-0.15, -0.1) is 0 Å². The van der Waals surface area contributed by atoms with Crippen LogP contribution in [0.15, 0.2) is 72.8 Å². The van der Waals surface area contributed by atoms with E-state index in [0.717, 1.165) is 23.4 Å². The molecule has 0 aliphatic rings. The predicted octanol–water partition coefficient (Wildman–Crippen LogP) is 5.86. The lowest BCUT2D eigenvalue weighted by atomic mass is 9.98. The second-order valence-corrected chi connectivity index (χ2v) is 5.79. The second kappa shape index (κ2) is 7.32. The van der Waals surface area contributed by atoms with Crippen molar-refractivity contribution in [1.29, 1.82) is 5.26 Å². The van der Waals surface area contributed by atoms with E-state index in [9.17, 15) is 18.4 Å². The van der Waals surface area contributed by atoms with E-state index >= 15 is 0 Å². The highest BCUT2D eigenvalue weighted by Gasteiger charge is 2.30. The minimum atomic E-state index is -4.38. The molecule has 0 heterocycles. The molecular formula is C21H15F3N2. The van der Waals surface area contributed by atoms with Crippen molar-refractivity contribution >= 4 is 5.69 Å². The van der Waals surface area contributed by atoms with Crippen LogP contribution in [-0.4, -0.2) is 0 Å². The molecule has 0 amide bonds. The SMILES string of the molecule is N#Cc1ccc(NCc2ccccc2)cc1-c1ccc(C(F)(F)F)cc1. The molecule has 0 saturated carbocycles. The Morgan fingerprint density at radius 2 is 1.58 bits per heavy atom. The summed E-state index contributed by atoms with van der Waals surface area (Å²) < 4.78 is 38.2. The zero-order chi connectivity index (χ0) is 18.6. The lowest BCUT2D eigenvalue weighted by Gasteiger charge is -2.12. The van der Waals surface area contributed by atoms with Crippen molar-refractivity contribution in [1.82, 2.24) is 0 Å². The molecule has 0 aliphatic carbocycles. The Hall–Kier alpha value is -3.26. The molecule has 3 rings (SSSR count). The monoisotopic (exact) mass is 352 g/mol. The van der Waals surface area contributed by atoms with E-state index in [-0.39, 0.29) is 0 Å². The minimum Gasteiger partial charge on any atom is -0.381 e. The number of nitriles is 1. The summed E-state index contributed by atoms with van der Waals surface area (Å²) in [7, 11) is 0. The first kappa shape index (κ1) is 17.6. The molecule has 0 saturated heterocycles. The van der Waals surface area contributed by atoms with Crippen LogP contribution in [-0.2, 0) is 12.7 Å².